The Morgan fingerprint density at radius 1 is 1.21 bits per heavy atom. The standard InChI is InChI=1S/C31H26F2N4O4S/c1-3-11-41-28-16-34-26(15-35-28)25(33)13-20-9-10-24(32)23(12-20)31-19-37(30(39)40-2)17-22(31)18-42-29(36-31)14-27(38)21-7-5-4-6-8-21/h1,4-10,12-13,15-16,22H,11,14,17-19H2,2H3/b25-13-/t22-,31-/m0/s1. The number of ketones is 1. The number of aliphatic imine (C=N–C) groups is 1. The Balaban J connectivity index is 1.50. The molecule has 5 rings (SSSR count). The molecule has 11 heteroatoms. The normalized spacial score (nSPS) is 19.9. The summed E-state index contributed by atoms with van der Waals surface area (Å²) in [4.78, 5) is 40.0. The van der Waals surface area contributed by atoms with Crippen LogP contribution in [0, 0.1) is 24.1 Å². The van der Waals surface area contributed by atoms with E-state index in [2.05, 4.69) is 15.9 Å². The molecule has 0 unspecified atom stereocenters. The second kappa shape index (κ2) is 12.5. The van der Waals surface area contributed by atoms with Gasteiger partial charge in [-0.25, -0.2) is 23.5 Å². The molecule has 42 heavy (non-hydrogen) atoms. The number of hydrogen-bond donors (Lipinski definition) is 0. The summed E-state index contributed by atoms with van der Waals surface area (Å²) >= 11 is 1.42. The number of nitrogens with zero attached hydrogens (tertiary/aromatic N) is 4. The lowest BCUT2D eigenvalue weighted by Gasteiger charge is -2.36. The lowest BCUT2D eigenvalue weighted by molar-refractivity contribution is 0.100. The van der Waals surface area contributed by atoms with Crippen LogP contribution in [0.3, 0.4) is 0 Å². The second-order valence-electron chi connectivity index (χ2n) is 9.72. The summed E-state index contributed by atoms with van der Waals surface area (Å²) in [6.45, 7) is 0.343. The van der Waals surface area contributed by atoms with Crippen molar-refractivity contribution in [3.05, 3.63) is 89.1 Å². The van der Waals surface area contributed by atoms with Crippen LogP contribution in [0.1, 0.15) is 33.6 Å². The number of likely N-dealkylation sites (tertiary alicyclic amines) is 1. The number of thioether (sulfide) groups is 1. The number of ether oxygens (including phenoxy) is 2. The minimum absolute atomic E-state index is 0.00394. The Morgan fingerprint density at radius 3 is 2.74 bits per heavy atom. The number of rotatable bonds is 8. The average Bonchev–Trinajstić information content (AvgIpc) is 3.41. The topological polar surface area (TPSA) is 94.0 Å². The third-order valence-corrected chi connectivity index (χ3v) is 8.23. The molecular formula is C31H26F2N4O4S. The zero-order valence-corrected chi connectivity index (χ0v) is 23.4. The lowest BCUT2D eigenvalue weighted by atomic mass is 9.80. The van der Waals surface area contributed by atoms with E-state index in [-0.39, 0.29) is 48.4 Å². The number of hydrogen-bond acceptors (Lipinski definition) is 8. The summed E-state index contributed by atoms with van der Waals surface area (Å²) in [5.41, 5.74) is -0.122. The maximum absolute atomic E-state index is 15.6. The van der Waals surface area contributed by atoms with Gasteiger partial charge in [0.1, 0.15) is 17.1 Å². The first-order valence-electron chi connectivity index (χ1n) is 13.0. The van der Waals surface area contributed by atoms with Gasteiger partial charge in [0, 0.05) is 29.3 Å². The molecule has 0 aliphatic carbocycles. The largest absolute Gasteiger partial charge is 0.463 e. The molecule has 2 aliphatic heterocycles. The van der Waals surface area contributed by atoms with Crippen LogP contribution in [0.4, 0.5) is 13.6 Å². The Labute approximate surface area is 245 Å². The van der Waals surface area contributed by atoms with Gasteiger partial charge in [-0.3, -0.25) is 9.79 Å². The number of Topliss-reactive ketones (excluding diaryl/α,β-unsaturated/α-hetero) is 1. The summed E-state index contributed by atoms with van der Waals surface area (Å²) in [7, 11) is 1.28. The van der Waals surface area contributed by atoms with E-state index >= 15 is 8.78 Å². The monoisotopic (exact) mass is 588 g/mol. The quantitative estimate of drug-likeness (QED) is 0.257. The van der Waals surface area contributed by atoms with Crippen molar-refractivity contribution >= 4 is 40.6 Å². The summed E-state index contributed by atoms with van der Waals surface area (Å²) in [6, 6.07) is 13.1. The molecule has 2 aliphatic rings. The molecule has 1 aromatic heterocycles. The van der Waals surface area contributed by atoms with Gasteiger partial charge in [-0.15, -0.1) is 18.2 Å². The van der Waals surface area contributed by atoms with Crippen LogP contribution in [-0.2, 0) is 10.3 Å². The molecule has 2 aromatic carbocycles. The number of carbonyl (C=O) groups excluding carboxylic acids is 2. The fraction of sp³-hybridized carbons (Fsp3) is 0.258. The van der Waals surface area contributed by atoms with Gasteiger partial charge in [-0.1, -0.05) is 42.3 Å². The van der Waals surface area contributed by atoms with E-state index in [9.17, 15) is 9.59 Å². The fourth-order valence-corrected chi connectivity index (χ4v) is 6.31. The van der Waals surface area contributed by atoms with E-state index in [4.69, 9.17) is 20.9 Å². The number of carbonyl (C=O) groups is 2. The van der Waals surface area contributed by atoms with Crippen LogP contribution < -0.4 is 4.74 Å². The number of aromatic nitrogens is 2. The number of fused-ring (bicyclic) bond motifs is 1. The number of halogens is 2. The van der Waals surface area contributed by atoms with E-state index in [1.54, 1.807) is 24.3 Å². The van der Waals surface area contributed by atoms with Crippen molar-refractivity contribution in [3.8, 4) is 18.2 Å². The van der Waals surface area contributed by atoms with E-state index in [1.807, 2.05) is 6.07 Å². The van der Waals surface area contributed by atoms with Gasteiger partial charge in [0.15, 0.2) is 18.2 Å². The van der Waals surface area contributed by atoms with Gasteiger partial charge in [-0.05, 0) is 23.8 Å². The van der Waals surface area contributed by atoms with Crippen LogP contribution in [0.15, 0.2) is 65.9 Å². The molecule has 214 valence electrons. The van der Waals surface area contributed by atoms with Crippen LogP contribution >= 0.6 is 11.8 Å². The molecule has 1 saturated heterocycles. The van der Waals surface area contributed by atoms with Crippen molar-refractivity contribution in [2.24, 2.45) is 10.9 Å². The number of benzene rings is 2. The second-order valence-corrected chi connectivity index (χ2v) is 10.8. The summed E-state index contributed by atoms with van der Waals surface area (Å²) < 4.78 is 40.9. The summed E-state index contributed by atoms with van der Waals surface area (Å²) in [5.74, 6) is 1.34. The molecule has 8 nitrogen and oxygen atoms in total. The highest BCUT2D eigenvalue weighted by atomic mass is 32.2. The van der Waals surface area contributed by atoms with Crippen LogP contribution in [0.2, 0.25) is 0 Å². The highest BCUT2D eigenvalue weighted by Crippen LogP contribution is 2.47. The molecule has 0 N–H and O–H groups in total. The van der Waals surface area contributed by atoms with E-state index in [0.717, 1.165) is 0 Å². The Bertz CT molecular complexity index is 1590. The number of amides is 1. The first-order chi connectivity index (χ1) is 20.3. The average molecular weight is 589 g/mol. The molecule has 0 radical (unpaired) electrons. The lowest BCUT2D eigenvalue weighted by Crippen LogP contribution is -2.40. The fourth-order valence-electron chi connectivity index (χ4n) is 5.07. The molecule has 0 spiro atoms. The zero-order valence-electron chi connectivity index (χ0n) is 22.6. The van der Waals surface area contributed by atoms with Gasteiger partial charge >= 0.3 is 6.09 Å². The summed E-state index contributed by atoms with van der Waals surface area (Å²) in [5, 5.41) is 0.542. The Morgan fingerprint density at radius 2 is 2.02 bits per heavy atom. The summed E-state index contributed by atoms with van der Waals surface area (Å²) in [6.07, 6.45) is 8.33. The minimum Gasteiger partial charge on any atom is -0.463 e. The van der Waals surface area contributed by atoms with E-state index < -0.39 is 23.3 Å². The molecule has 1 fully saturated rings. The first-order valence-corrected chi connectivity index (χ1v) is 14.0. The number of methoxy groups -OCH3 is 1. The highest BCUT2D eigenvalue weighted by molar-refractivity contribution is 8.14. The van der Waals surface area contributed by atoms with Gasteiger partial charge in [0.05, 0.1) is 37.5 Å². The van der Waals surface area contributed by atoms with Crippen molar-refractivity contribution in [2.45, 2.75) is 12.0 Å². The molecule has 1 amide bonds. The Kier molecular flexibility index (Phi) is 8.64. The third-order valence-electron chi connectivity index (χ3n) is 7.09. The molecule has 2 atom stereocenters. The third kappa shape index (κ3) is 6.04. The highest BCUT2D eigenvalue weighted by Gasteiger charge is 2.53. The number of terminal acetylenes is 1. The van der Waals surface area contributed by atoms with Crippen LogP contribution in [-0.4, -0.2) is 64.3 Å². The minimum atomic E-state index is -1.19. The van der Waals surface area contributed by atoms with Gasteiger partial charge in [-0.2, -0.15) is 0 Å². The molecular weight excluding hydrogens is 562 g/mol. The molecule has 3 heterocycles. The predicted molar refractivity (Wildman–Crippen MR) is 156 cm³/mol. The van der Waals surface area contributed by atoms with Crippen molar-refractivity contribution in [1.29, 1.82) is 0 Å². The zero-order chi connectivity index (χ0) is 29.7. The van der Waals surface area contributed by atoms with Gasteiger partial charge < -0.3 is 14.4 Å². The van der Waals surface area contributed by atoms with Crippen molar-refractivity contribution in [2.75, 3.05) is 32.6 Å². The van der Waals surface area contributed by atoms with E-state index in [0.29, 0.717) is 28.5 Å². The van der Waals surface area contributed by atoms with Gasteiger partial charge in [0.2, 0.25) is 5.88 Å². The van der Waals surface area contributed by atoms with Gasteiger partial charge in [0.25, 0.3) is 0 Å². The van der Waals surface area contributed by atoms with E-state index in [1.165, 1.54) is 60.4 Å². The predicted octanol–water partition coefficient (Wildman–Crippen LogP) is 5.41. The maximum Gasteiger partial charge on any atom is 0.409 e. The van der Waals surface area contributed by atoms with Crippen LogP contribution in [0.5, 0.6) is 5.88 Å². The Hall–Kier alpha value is -4.56. The van der Waals surface area contributed by atoms with Crippen LogP contribution in [0.25, 0.3) is 11.9 Å². The van der Waals surface area contributed by atoms with Crippen molar-refractivity contribution in [1.82, 2.24) is 14.9 Å². The molecule has 3 aromatic rings. The molecule has 0 saturated carbocycles. The maximum atomic E-state index is 15.6. The van der Waals surface area contributed by atoms with Crippen molar-refractivity contribution in [3.63, 3.8) is 0 Å². The SMILES string of the molecule is C#CCOc1cnc(/C(F)=C/c2ccc(F)c([C@]34CN(C(=O)OC)C[C@H]3CSC(CC(=O)c3ccccc3)=N4)c2)cn1. The van der Waals surface area contributed by atoms with Crippen molar-refractivity contribution < 1.29 is 27.8 Å². The smallest absolute Gasteiger partial charge is 0.409 e. The molecule has 0 bridgehead atoms. The first kappa shape index (κ1) is 29.0.